The molecule has 1 atom stereocenters. The smallest absolute Gasteiger partial charge is 0.0846 e. The van der Waals surface area contributed by atoms with Crippen molar-refractivity contribution in [3.63, 3.8) is 0 Å². The van der Waals surface area contributed by atoms with Gasteiger partial charge in [-0.15, -0.1) is 0 Å². The van der Waals surface area contributed by atoms with Crippen molar-refractivity contribution in [2.45, 2.75) is 45.6 Å². The van der Waals surface area contributed by atoms with Crippen molar-refractivity contribution in [3.05, 3.63) is 16.4 Å². The minimum Gasteiger partial charge on any atom is -0.314 e. The number of hydrogen-bond donors (Lipinski definition) is 1. The second-order valence-corrected chi connectivity index (χ2v) is 5.39. The lowest BCUT2D eigenvalue weighted by Crippen LogP contribution is -2.31. The van der Waals surface area contributed by atoms with Crippen LogP contribution in [0.15, 0.2) is 0 Å². The molecule has 1 unspecified atom stereocenters. The van der Waals surface area contributed by atoms with E-state index in [0.717, 1.165) is 36.0 Å². The highest BCUT2D eigenvalue weighted by atomic mass is 35.5. The fraction of sp³-hybridized carbons (Fsp3) is 0.769. The highest BCUT2D eigenvalue weighted by Gasteiger charge is 2.30. The maximum atomic E-state index is 6.27. The maximum absolute atomic E-state index is 6.27. The van der Waals surface area contributed by atoms with Crippen LogP contribution in [0.2, 0.25) is 5.02 Å². The largest absolute Gasteiger partial charge is 0.314 e. The van der Waals surface area contributed by atoms with Crippen molar-refractivity contribution in [2.75, 3.05) is 6.54 Å². The van der Waals surface area contributed by atoms with Gasteiger partial charge in [-0.25, -0.2) is 0 Å². The van der Waals surface area contributed by atoms with Gasteiger partial charge in [0.1, 0.15) is 0 Å². The highest BCUT2D eigenvalue weighted by molar-refractivity contribution is 6.31. The number of nitrogens with one attached hydrogen (secondary N) is 1. The molecule has 1 aliphatic rings. The van der Waals surface area contributed by atoms with Crippen molar-refractivity contribution in [2.24, 2.45) is 13.0 Å². The van der Waals surface area contributed by atoms with E-state index in [2.05, 4.69) is 17.3 Å². The van der Waals surface area contributed by atoms with Gasteiger partial charge in [0.2, 0.25) is 0 Å². The highest BCUT2D eigenvalue weighted by Crippen LogP contribution is 2.35. The number of aromatic nitrogens is 2. The van der Waals surface area contributed by atoms with Crippen molar-refractivity contribution in [1.82, 2.24) is 15.1 Å². The number of halogens is 1. The molecule has 1 N–H and O–H groups in total. The van der Waals surface area contributed by atoms with Crippen LogP contribution in [0.5, 0.6) is 0 Å². The zero-order valence-corrected chi connectivity index (χ0v) is 11.7. The van der Waals surface area contributed by atoms with Crippen molar-refractivity contribution >= 4 is 11.6 Å². The van der Waals surface area contributed by atoms with Gasteiger partial charge in [0.05, 0.1) is 16.4 Å². The maximum Gasteiger partial charge on any atom is 0.0846 e. The lowest BCUT2D eigenvalue weighted by atomic mass is 10.0. The first-order valence-corrected chi connectivity index (χ1v) is 6.92. The van der Waals surface area contributed by atoms with Gasteiger partial charge in [-0.3, -0.25) is 4.68 Å². The Labute approximate surface area is 109 Å². The Kier molecular flexibility index (Phi) is 4.10. The molecule has 1 aromatic heterocycles. The summed E-state index contributed by atoms with van der Waals surface area (Å²) in [5.41, 5.74) is 2.11. The Morgan fingerprint density at radius 3 is 2.71 bits per heavy atom. The van der Waals surface area contributed by atoms with Gasteiger partial charge in [-0.05, 0) is 45.1 Å². The Morgan fingerprint density at radius 1 is 1.53 bits per heavy atom. The van der Waals surface area contributed by atoms with E-state index in [9.17, 15) is 0 Å². The normalized spacial score (nSPS) is 17.4. The van der Waals surface area contributed by atoms with Crippen molar-refractivity contribution in [1.29, 1.82) is 0 Å². The van der Waals surface area contributed by atoms with Crippen LogP contribution in [0.3, 0.4) is 0 Å². The third-order valence-electron chi connectivity index (χ3n) is 3.61. The van der Waals surface area contributed by atoms with Gasteiger partial charge in [-0.1, -0.05) is 18.5 Å². The molecule has 1 aliphatic carbocycles. The summed E-state index contributed by atoms with van der Waals surface area (Å²) >= 11 is 6.27. The van der Waals surface area contributed by atoms with Crippen LogP contribution >= 0.6 is 11.6 Å². The van der Waals surface area contributed by atoms with Crippen LogP contribution in [0, 0.1) is 12.8 Å². The molecule has 96 valence electrons. The molecule has 1 heterocycles. The Hall–Kier alpha value is -0.540. The first kappa shape index (κ1) is 12.9. The summed E-state index contributed by atoms with van der Waals surface area (Å²) in [6.45, 7) is 5.20. The average Bonchev–Trinajstić information content (AvgIpc) is 3.07. The Bertz CT molecular complexity index is 382. The monoisotopic (exact) mass is 255 g/mol. The Balaban J connectivity index is 1.95. The first-order chi connectivity index (χ1) is 8.13. The molecule has 0 amide bonds. The third kappa shape index (κ3) is 3.02. The average molecular weight is 256 g/mol. The number of rotatable bonds is 6. The van der Waals surface area contributed by atoms with Crippen molar-refractivity contribution < 1.29 is 0 Å². The summed E-state index contributed by atoms with van der Waals surface area (Å²) in [4.78, 5) is 0. The predicted molar refractivity (Wildman–Crippen MR) is 71.5 cm³/mol. The zero-order valence-electron chi connectivity index (χ0n) is 11.0. The molecule has 3 nitrogen and oxygen atoms in total. The predicted octanol–water partition coefficient (Wildman–Crippen LogP) is 2.70. The van der Waals surface area contributed by atoms with Gasteiger partial charge >= 0.3 is 0 Å². The quantitative estimate of drug-likeness (QED) is 0.847. The second-order valence-electron chi connectivity index (χ2n) is 5.01. The van der Waals surface area contributed by atoms with Crippen LogP contribution in [0.25, 0.3) is 0 Å². The van der Waals surface area contributed by atoms with Crippen LogP contribution in [-0.2, 0) is 13.5 Å². The lowest BCUT2D eigenvalue weighted by molar-refractivity contribution is 0.441. The molecular weight excluding hydrogens is 234 g/mol. The van der Waals surface area contributed by atoms with E-state index in [1.54, 1.807) is 0 Å². The van der Waals surface area contributed by atoms with E-state index < -0.39 is 0 Å². The molecule has 1 fully saturated rings. The van der Waals surface area contributed by atoms with E-state index in [1.807, 2.05) is 18.7 Å². The van der Waals surface area contributed by atoms with Crippen LogP contribution in [-0.4, -0.2) is 22.4 Å². The second kappa shape index (κ2) is 5.40. The molecule has 17 heavy (non-hydrogen) atoms. The molecule has 0 radical (unpaired) electrons. The Morgan fingerprint density at radius 2 is 2.24 bits per heavy atom. The molecule has 1 saturated carbocycles. The number of nitrogens with zero attached hydrogens (tertiary/aromatic N) is 2. The fourth-order valence-corrected chi connectivity index (χ4v) is 2.76. The standard InChI is InChI=1S/C13H22ClN3/c1-4-15-11(10-5-6-10)7-8-12-13(14)9(2)16-17(12)3/h10-11,15H,4-8H2,1-3H3. The summed E-state index contributed by atoms with van der Waals surface area (Å²) < 4.78 is 1.92. The molecule has 0 spiro atoms. The lowest BCUT2D eigenvalue weighted by Gasteiger charge is -2.17. The molecule has 1 aromatic rings. The van der Waals surface area contributed by atoms with Crippen molar-refractivity contribution in [3.8, 4) is 0 Å². The van der Waals surface area contributed by atoms with E-state index in [0.29, 0.717) is 6.04 Å². The summed E-state index contributed by atoms with van der Waals surface area (Å²) in [6.07, 6.45) is 4.95. The van der Waals surface area contributed by atoms with Gasteiger partial charge in [-0.2, -0.15) is 5.10 Å². The minimum atomic E-state index is 0.659. The fourth-order valence-electron chi connectivity index (χ4n) is 2.51. The summed E-state index contributed by atoms with van der Waals surface area (Å²) in [6, 6.07) is 0.659. The van der Waals surface area contributed by atoms with E-state index >= 15 is 0 Å². The number of aryl methyl sites for hydroxylation is 2. The van der Waals surface area contributed by atoms with Gasteiger partial charge < -0.3 is 5.32 Å². The molecular formula is C13H22ClN3. The third-order valence-corrected chi connectivity index (χ3v) is 4.10. The molecule has 0 aromatic carbocycles. The SMILES string of the molecule is CCNC(CCc1c(Cl)c(C)nn1C)C1CC1. The molecule has 2 rings (SSSR count). The van der Waals surface area contributed by atoms with Gasteiger partial charge in [0.25, 0.3) is 0 Å². The molecule has 0 bridgehead atoms. The topological polar surface area (TPSA) is 29.9 Å². The van der Waals surface area contributed by atoms with E-state index in [1.165, 1.54) is 18.5 Å². The van der Waals surface area contributed by atoms with E-state index in [-0.39, 0.29) is 0 Å². The van der Waals surface area contributed by atoms with Gasteiger partial charge in [0.15, 0.2) is 0 Å². The van der Waals surface area contributed by atoms with Gasteiger partial charge in [0, 0.05) is 13.1 Å². The van der Waals surface area contributed by atoms with E-state index in [4.69, 9.17) is 11.6 Å². The van der Waals surface area contributed by atoms with Crippen LogP contribution in [0.4, 0.5) is 0 Å². The summed E-state index contributed by atoms with van der Waals surface area (Å²) in [5.74, 6) is 0.892. The minimum absolute atomic E-state index is 0.659. The zero-order chi connectivity index (χ0) is 12.4. The molecule has 4 heteroatoms. The first-order valence-electron chi connectivity index (χ1n) is 6.54. The molecule has 0 saturated heterocycles. The molecule has 0 aliphatic heterocycles. The van der Waals surface area contributed by atoms with Crippen LogP contribution in [0.1, 0.15) is 37.6 Å². The summed E-state index contributed by atoms with van der Waals surface area (Å²) in [5, 5.41) is 8.79. The number of hydrogen-bond acceptors (Lipinski definition) is 2. The van der Waals surface area contributed by atoms with Crippen LogP contribution < -0.4 is 5.32 Å². The summed E-state index contributed by atoms with van der Waals surface area (Å²) in [7, 11) is 1.98.